The first-order valence-electron chi connectivity index (χ1n) is 6.21. The highest BCUT2D eigenvalue weighted by atomic mass is 32.2. The summed E-state index contributed by atoms with van der Waals surface area (Å²) in [5.41, 5.74) is 7.55. The number of sulfonamides is 1. The van der Waals surface area contributed by atoms with Crippen LogP contribution in [0.1, 0.15) is 5.56 Å². The molecule has 0 radical (unpaired) electrons. The normalized spacial score (nSPS) is 11.2. The van der Waals surface area contributed by atoms with E-state index >= 15 is 0 Å². The van der Waals surface area contributed by atoms with E-state index in [-0.39, 0.29) is 5.75 Å². The molecule has 20 heavy (non-hydrogen) atoms. The van der Waals surface area contributed by atoms with E-state index in [1.54, 1.807) is 6.07 Å². The van der Waals surface area contributed by atoms with Gasteiger partial charge in [0.05, 0.1) is 23.3 Å². The maximum absolute atomic E-state index is 12.3. The minimum Gasteiger partial charge on any atom is -0.396 e. The fraction of sp³-hybridized carbons (Fsp3) is 0.214. The average Bonchev–Trinajstić information content (AvgIpc) is 2.46. The van der Waals surface area contributed by atoms with Crippen LogP contribution in [0.3, 0.4) is 0 Å². The van der Waals surface area contributed by atoms with E-state index in [1.807, 2.05) is 30.3 Å². The van der Waals surface area contributed by atoms with Gasteiger partial charge in [-0.1, -0.05) is 30.3 Å². The van der Waals surface area contributed by atoms with Gasteiger partial charge in [0.1, 0.15) is 0 Å². The summed E-state index contributed by atoms with van der Waals surface area (Å²) in [5.74, 6) is 0.0370. The lowest BCUT2D eigenvalue weighted by molar-refractivity contribution is 0.593. The van der Waals surface area contributed by atoms with Crippen LogP contribution >= 0.6 is 0 Å². The molecule has 0 fully saturated rings. The van der Waals surface area contributed by atoms with Crippen LogP contribution in [0.4, 0.5) is 11.4 Å². The molecule has 0 spiro atoms. The molecule has 0 saturated carbocycles. The third kappa shape index (κ3) is 3.27. The fourth-order valence-corrected chi connectivity index (χ4v) is 3.10. The summed E-state index contributed by atoms with van der Waals surface area (Å²) in [6.07, 6.45) is 3.44. The molecule has 2 rings (SSSR count). The van der Waals surface area contributed by atoms with Gasteiger partial charge in [-0.2, -0.15) is 0 Å². The molecular formula is C14H17N3O2S. The first kappa shape index (κ1) is 14.3. The molecule has 0 amide bonds. The zero-order valence-electron chi connectivity index (χ0n) is 11.2. The van der Waals surface area contributed by atoms with Crippen molar-refractivity contribution in [2.75, 3.05) is 22.8 Å². The van der Waals surface area contributed by atoms with Gasteiger partial charge >= 0.3 is 0 Å². The Morgan fingerprint density at radius 3 is 2.55 bits per heavy atom. The number of nitrogen functional groups attached to an aromatic ring is 1. The van der Waals surface area contributed by atoms with Crippen molar-refractivity contribution in [1.29, 1.82) is 0 Å². The second kappa shape index (κ2) is 5.92. The van der Waals surface area contributed by atoms with E-state index in [1.165, 1.54) is 23.7 Å². The Morgan fingerprint density at radius 1 is 1.20 bits per heavy atom. The van der Waals surface area contributed by atoms with Crippen molar-refractivity contribution in [2.45, 2.75) is 6.42 Å². The monoisotopic (exact) mass is 291 g/mol. The van der Waals surface area contributed by atoms with Crippen molar-refractivity contribution in [3.63, 3.8) is 0 Å². The number of aromatic nitrogens is 1. The fourth-order valence-electron chi connectivity index (χ4n) is 1.86. The van der Waals surface area contributed by atoms with E-state index in [9.17, 15) is 8.42 Å². The molecule has 1 aromatic carbocycles. The number of hydrogen-bond donors (Lipinski definition) is 1. The van der Waals surface area contributed by atoms with Gasteiger partial charge in [0.25, 0.3) is 0 Å². The van der Waals surface area contributed by atoms with Crippen LogP contribution in [0.25, 0.3) is 0 Å². The number of benzene rings is 1. The highest BCUT2D eigenvalue weighted by Gasteiger charge is 2.19. The Bertz CT molecular complexity index is 672. The number of hydrogen-bond acceptors (Lipinski definition) is 4. The Hall–Kier alpha value is -2.08. The Morgan fingerprint density at radius 2 is 1.90 bits per heavy atom. The van der Waals surface area contributed by atoms with Gasteiger partial charge in [-0.15, -0.1) is 0 Å². The predicted octanol–water partition coefficient (Wildman–Crippen LogP) is 1.67. The lowest BCUT2D eigenvalue weighted by Gasteiger charge is -2.20. The van der Waals surface area contributed by atoms with E-state index in [2.05, 4.69) is 4.98 Å². The van der Waals surface area contributed by atoms with Gasteiger partial charge < -0.3 is 5.73 Å². The van der Waals surface area contributed by atoms with Crippen molar-refractivity contribution < 1.29 is 8.42 Å². The number of anilines is 2. The van der Waals surface area contributed by atoms with Crippen molar-refractivity contribution >= 4 is 21.4 Å². The minimum atomic E-state index is -3.41. The van der Waals surface area contributed by atoms with Crippen LogP contribution in [0.5, 0.6) is 0 Å². The van der Waals surface area contributed by atoms with E-state index in [4.69, 9.17) is 5.73 Å². The van der Waals surface area contributed by atoms with Crippen LogP contribution in [0.2, 0.25) is 0 Å². The number of rotatable bonds is 5. The second-order valence-electron chi connectivity index (χ2n) is 4.45. The van der Waals surface area contributed by atoms with Crippen molar-refractivity contribution in [2.24, 2.45) is 0 Å². The lowest BCUT2D eigenvalue weighted by Crippen LogP contribution is -2.30. The summed E-state index contributed by atoms with van der Waals surface area (Å²) in [4.78, 5) is 3.86. The quantitative estimate of drug-likeness (QED) is 0.909. The minimum absolute atomic E-state index is 0.0370. The highest BCUT2D eigenvalue weighted by molar-refractivity contribution is 7.92. The van der Waals surface area contributed by atoms with Gasteiger partial charge in [0.15, 0.2) is 0 Å². The SMILES string of the molecule is CN(c1ccncc1N)S(=O)(=O)CCc1ccccc1. The van der Waals surface area contributed by atoms with Crippen molar-refractivity contribution in [3.05, 3.63) is 54.4 Å². The summed E-state index contributed by atoms with van der Waals surface area (Å²) in [6.45, 7) is 0. The number of pyridine rings is 1. The third-order valence-electron chi connectivity index (χ3n) is 3.08. The maximum Gasteiger partial charge on any atom is 0.235 e. The zero-order valence-corrected chi connectivity index (χ0v) is 12.0. The largest absolute Gasteiger partial charge is 0.396 e. The predicted molar refractivity (Wildman–Crippen MR) is 81.0 cm³/mol. The molecule has 0 aliphatic rings. The van der Waals surface area contributed by atoms with Gasteiger partial charge in [-0.25, -0.2) is 8.42 Å². The second-order valence-corrected chi connectivity index (χ2v) is 6.57. The smallest absolute Gasteiger partial charge is 0.235 e. The van der Waals surface area contributed by atoms with Crippen LogP contribution in [-0.2, 0) is 16.4 Å². The Balaban J connectivity index is 2.13. The van der Waals surface area contributed by atoms with Crippen LogP contribution in [0, 0.1) is 0 Å². The van der Waals surface area contributed by atoms with Gasteiger partial charge in [-0.05, 0) is 18.1 Å². The molecule has 106 valence electrons. The molecule has 0 atom stereocenters. The van der Waals surface area contributed by atoms with Crippen LogP contribution in [0.15, 0.2) is 48.8 Å². The molecule has 1 heterocycles. The molecule has 2 aromatic rings. The zero-order chi connectivity index (χ0) is 14.6. The molecule has 0 unspecified atom stereocenters. The summed E-state index contributed by atoms with van der Waals surface area (Å²) < 4.78 is 25.8. The molecule has 0 saturated heterocycles. The molecular weight excluding hydrogens is 274 g/mol. The molecule has 0 bridgehead atoms. The van der Waals surface area contributed by atoms with Crippen LogP contribution < -0.4 is 10.0 Å². The highest BCUT2D eigenvalue weighted by Crippen LogP contribution is 2.23. The van der Waals surface area contributed by atoms with E-state index in [0.29, 0.717) is 17.8 Å². The first-order valence-corrected chi connectivity index (χ1v) is 7.81. The standard InChI is InChI=1S/C14H17N3O2S/c1-17(14-7-9-16-11-13(14)15)20(18,19)10-8-12-5-3-2-4-6-12/h2-7,9,11H,8,10,15H2,1H3. The number of nitrogens with zero attached hydrogens (tertiary/aromatic N) is 2. The van der Waals surface area contributed by atoms with Gasteiger partial charge in [-0.3, -0.25) is 9.29 Å². The summed E-state index contributed by atoms with van der Waals surface area (Å²) >= 11 is 0. The molecule has 2 N–H and O–H groups in total. The molecule has 5 nitrogen and oxygen atoms in total. The maximum atomic E-state index is 12.3. The Kier molecular flexibility index (Phi) is 4.24. The summed E-state index contributed by atoms with van der Waals surface area (Å²) in [7, 11) is -1.90. The van der Waals surface area contributed by atoms with Crippen molar-refractivity contribution in [1.82, 2.24) is 4.98 Å². The summed E-state index contributed by atoms with van der Waals surface area (Å²) in [6, 6.07) is 11.1. The average molecular weight is 291 g/mol. The molecule has 1 aromatic heterocycles. The summed E-state index contributed by atoms with van der Waals surface area (Å²) in [5, 5.41) is 0. The van der Waals surface area contributed by atoms with Gasteiger partial charge in [0.2, 0.25) is 10.0 Å². The lowest BCUT2D eigenvalue weighted by atomic mass is 10.2. The van der Waals surface area contributed by atoms with Gasteiger partial charge in [0, 0.05) is 13.2 Å². The topological polar surface area (TPSA) is 76.3 Å². The first-order chi connectivity index (χ1) is 9.50. The number of aryl methyl sites for hydroxylation is 1. The molecule has 0 aliphatic heterocycles. The molecule has 0 aliphatic carbocycles. The van der Waals surface area contributed by atoms with E-state index < -0.39 is 10.0 Å². The molecule has 6 heteroatoms. The Labute approximate surface area is 119 Å². The van der Waals surface area contributed by atoms with E-state index in [0.717, 1.165) is 5.56 Å². The van der Waals surface area contributed by atoms with Crippen LogP contribution in [-0.4, -0.2) is 26.2 Å². The number of nitrogens with two attached hydrogens (primary N) is 1. The van der Waals surface area contributed by atoms with Crippen molar-refractivity contribution in [3.8, 4) is 0 Å². The third-order valence-corrected chi connectivity index (χ3v) is 4.83.